The summed E-state index contributed by atoms with van der Waals surface area (Å²) in [6, 6.07) is 4.40. The van der Waals surface area contributed by atoms with Gasteiger partial charge in [-0.15, -0.1) is 0 Å². The molecule has 0 spiro atoms. The Hall–Kier alpha value is -4.20. The number of nitrogens with two attached hydrogens (primary N) is 4. The van der Waals surface area contributed by atoms with Gasteiger partial charge in [-0.1, -0.05) is 30.3 Å². The minimum Gasteiger partial charge on any atom is -0.480 e. The third-order valence-electron chi connectivity index (χ3n) is 6.05. The number of carbonyl (C=O) groups is 5. The third-order valence-corrected chi connectivity index (χ3v) is 6.05. The summed E-state index contributed by atoms with van der Waals surface area (Å²) < 4.78 is 0. The predicted octanol–water partition coefficient (Wildman–Crippen LogP) is -2.47. The summed E-state index contributed by atoms with van der Waals surface area (Å²) in [5.41, 5.74) is 22.2. The van der Waals surface area contributed by atoms with Crippen LogP contribution >= 0.6 is 0 Å². The molecule has 0 aliphatic carbocycles. The van der Waals surface area contributed by atoms with Gasteiger partial charge in [-0.3, -0.25) is 24.2 Å². The topological polar surface area (TPSA) is 249 Å². The Morgan fingerprint density at radius 3 is 2.34 bits per heavy atom. The van der Waals surface area contributed by atoms with Gasteiger partial charge < -0.3 is 43.6 Å². The zero-order chi connectivity index (χ0) is 28.2. The molecule has 0 bridgehead atoms. The number of nitrogens with zero attached hydrogens (tertiary/aromatic N) is 2. The van der Waals surface area contributed by atoms with Crippen LogP contribution in [0.15, 0.2) is 35.3 Å². The molecular formula is C24H36N8O6. The zero-order valence-corrected chi connectivity index (χ0v) is 21.0. The number of aliphatic imine (C=N–C) groups is 1. The fraction of sp³-hybridized carbons (Fsp3) is 0.500. The minimum atomic E-state index is -1.26. The van der Waals surface area contributed by atoms with Crippen molar-refractivity contribution in [3.05, 3.63) is 35.9 Å². The molecule has 0 radical (unpaired) electrons. The number of guanidine groups is 1. The lowest BCUT2D eigenvalue weighted by Gasteiger charge is -2.30. The van der Waals surface area contributed by atoms with E-state index in [4.69, 9.17) is 22.9 Å². The summed E-state index contributed by atoms with van der Waals surface area (Å²) in [5, 5.41) is 14.7. The Bertz CT molecular complexity index is 1030. The van der Waals surface area contributed by atoms with Crippen LogP contribution in [0.4, 0.5) is 0 Å². The second-order valence-corrected chi connectivity index (χ2v) is 9.07. The van der Waals surface area contributed by atoms with Gasteiger partial charge in [0.1, 0.15) is 18.1 Å². The Kier molecular flexibility index (Phi) is 11.5. The van der Waals surface area contributed by atoms with E-state index in [1.165, 1.54) is 4.90 Å². The predicted molar refractivity (Wildman–Crippen MR) is 138 cm³/mol. The quantitative estimate of drug-likeness (QED) is 0.0760. The zero-order valence-electron chi connectivity index (χ0n) is 21.0. The van der Waals surface area contributed by atoms with Crippen LogP contribution in [0.5, 0.6) is 0 Å². The molecule has 0 aromatic heterocycles. The second kappa shape index (κ2) is 14.5. The van der Waals surface area contributed by atoms with E-state index in [0.717, 1.165) is 5.56 Å². The average molecular weight is 533 g/mol. The van der Waals surface area contributed by atoms with Crippen LogP contribution in [0, 0.1) is 0 Å². The van der Waals surface area contributed by atoms with Crippen molar-refractivity contribution >= 4 is 35.6 Å². The Balaban J connectivity index is 2.14. The highest BCUT2D eigenvalue weighted by Gasteiger charge is 2.39. The number of benzene rings is 1. The smallest absolute Gasteiger partial charge is 0.326 e. The van der Waals surface area contributed by atoms with E-state index in [1.807, 2.05) is 0 Å². The fourth-order valence-corrected chi connectivity index (χ4v) is 4.17. The lowest BCUT2D eigenvalue weighted by molar-refractivity contribution is -0.145. The summed E-state index contributed by atoms with van der Waals surface area (Å²) in [4.78, 5) is 67.3. The Morgan fingerprint density at radius 2 is 1.74 bits per heavy atom. The number of likely N-dealkylation sites (tertiary alicyclic amines) is 1. The molecule has 4 unspecified atom stereocenters. The molecule has 38 heavy (non-hydrogen) atoms. The molecule has 1 aliphatic rings. The first kappa shape index (κ1) is 30.0. The van der Waals surface area contributed by atoms with Gasteiger partial charge in [0.25, 0.3) is 0 Å². The third kappa shape index (κ3) is 9.35. The number of primary amides is 1. The molecule has 11 N–H and O–H groups in total. The highest BCUT2D eigenvalue weighted by atomic mass is 16.4. The van der Waals surface area contributed by atoms with Crippen molar-refractivity contribution in [3.63, 3.8) is 0 Å². The first-order valence-electron chi connectivity index (χ1n) is 12.3. The molecule has 14 nitrogen and oxygen atoms in total. The molecule has 1 saturated heterocycles. The molecule has 0 saturated carbocycles. The molecule has 1 fully saturated rings. The largest absolute Gasteiger partial charge is 0.480 e. The van der Waals surface area contributed by atoms with Crippen molar-refractivity contribution < 1.29 is 29.1 Å². The number of carboxylic acids is 1. The van der Waals surface area contributed by atoms with Gasteiger partial charge in [0, 0.05) is 19.5 Å². The first-order valence-corrected chi connectivity index (χ1v) is 12.3. The van der Waals surface area contributed by atoms with Crippen LogP contribution in [-0.4, -0.2) is 82.8 Å². The lowest BCUT2D eigenvalue weighted by atomic mass is 10.0. The van der Waals surface area contributed by atoms with Gasteiger partial charge in [0.15, 0.2) is 5.96 Å². The summed E-state index contributed by atoms with van der Waals surface area (Å²) in [6.07, 6.45) is 0.947. The SMILES string of the molecule is NC(=O)CC(N)C(=O)NC(CCCN=C(N)N)C(=O)N1CCCC1C(=O)NC(Cc1ccccc1)C(=O)O. The summed E-state index contributed by atoms with van der Waals surface area (Å²) in [7, 11) is 0. The molecule has 4 amide bonds. The number of amides is 4. The Morgan fingerprint density at radius 1 is 1.05 bits per heavy atom. The molecule has 1 aromatic rings. The molecule has 1 aromatic carbocycles. The van der Waals surface area contributed by atoms with Gasteiger partial charge in [0.2, 0.25) is 23.6 Å². The van der Waals surface area contributed by atoms with E-state index in [0.29, 0.717) is 19.3 Å². The number of hydrogen-bond acceptors (Lipinski definition) is 7. The van der Waals surface area contributed by atoms with Crippen LogP contribution in [0.25, 0.3) is 0 Å². The van der Waals surface area contributed by atoms with Crippen LogP contribution in [-0.2, 0) is 30.4 Å². The van der Waals surface area contributed by atoms with Crippen molar-refractivity contribution in [2.45, 2.75) is 62.7 Å². The standard InChI is InChI=1S/C24H36N8O6/c25-15(13-19(26)33)20(34)30-16(8-4-10-29-24(27)28)22(36)32-11-5-9-18(32)21(35)31-17(23(37)38)12-14-6-2-1-3-7-14/h1-3,6-7,15-18H,4-5,8-13,25H2,(H2,26,33)(H,30,34)(H,31,35)(H,37,38)(H4,27,28,29). The maximum absolute atomic E-state index is 13.5. The fourth-order valence-electron chi connectivity index (χ4n) is 4.17. The van der Waals surface area contributed by atoms with E-state index < -0.39 is 60.2 Å². The van der Waals surface area contributed by atoms with Crippen molar-refractivity contribution in [2.75, 3.05) is 13.1 Å². The molecule has 1 aliphatic heterocycles. The molecule has 1 heterocycles. The Labute approximate surface area is 220 Å². The van der Waals surface area contributed by atoms with Gasteiger partial charge in [-0.25, -0.2) is 4.79 Å². The van der Waals surface area contributed by atoms with Gasteiger partial charge in [-0.05, 0) is 31.2 Å². The molecular weight excluding hydrogens is 496 g/mol. The van der Waals surface area contributed by atoms with E-state index >= 15 is 0 Å². The van der Waals surface area contributed by atoms with Gasteiger partial charge >= 0.3 is 5.97 Å². The van der Waals surface area contributed by atoms with E-state index in [1.54, 1.807) is 30.3 Å². The average Bonchev–Trinajstić information content (AvgIpc) is 3.35. The normalized spacial score (nSPS) is 17.1. The summed E-state index contributed by atoms with van der Waals surface area (Å²) in [5.74, 6) is -4.00. The summed E-state index contributed by atoms with van der Waals surface area (Å²) >= 11 is 0. The van der Waals surface area contributed by atoms with Crippen LogP contribution < -0.4 is 33.6 Å². The minimum absolute atomic E-state index is 0.0732. The monoisotopic (exact) mass is 532 g/mol. The summed E-state index contributed by atoms with van der Waals surface area (Å²) in [6.45, 7) is 0.431. The highest BCUT2D eigenvalue weighted by molar-refractivity contribution is 5.95. The van der Waals surface area contributed by atoms with Crippen LogP contribution in [0.2, 0.25) is 0 Å². The number of hydrogen-bond donors (Lipinski definition) is 7. The van der Waals surface area contributed by atoms with Crippen LogP contribution in [0.1, 0.15) is 37.7 Å². The highest BCUT2D eigenvalue weighted by Crippen LogP contribution is 2.20. The van der Waals surface area contributed by atoms with Gasteiger partial charge in [-0.2, -0.15) is 0 Å². The van der Waals surface area contributed by atoms with Gasteiger partial charge in [0.05, 0.1) is 12.5 Å². The molecule has 14 heteroatoms. The number of aliphatic carboxylic acids is 1. The maximum atomic E-state index is 13.5. The van der Waals surface area contributed by atoms with E-state index in [2.05, 4.69) is 15.6 Å². The molecule has 208 valence electrons. The van der Waals surface area contributed by atoms with Crippen molar-refractivity contribution in [1.82, 2.24) is 15.5 Å². The van der Waals surface area contributed by atoms with E-state index in [-0.39, 0.29) is 31.9 Å². The van der Waals surface area contributed by atoms with Crippen LogP contribution in [0.3, 0.4) is 0 Å². The second-order valence-electron chi connectivity index (χ2n) is 9.07. The number of rotatable bonds is 14. The number of nitrogens with one attached hydrogen (secondary N) is 2. The number of carboxylic acid groups (broad SMARTS) is 1. The molecule has 2 rings (SSSR count). The first-order chi connectivity index (χ1) is 18.0. The van der Waals surface area contributed by atoms with Crippen molar-refractivity contribution in [2.24, 2.45) is 27.9 Å². The maximum Gasteiger partial charge on any atom is 0.326 e. The van der Waals surface area contributed by atoms with Crippen molar-refractivity contribution in [3.8, 4) is 0 Å². The van der Waals surface area contributed by atoms with Crippen molar-refractivity contribution in [1.29, 1.82) is 0 Å². The van der Waals surface area contributed by atoms with E-state index in [9.17, 15) is 29.1 Å². The number of carbonyl (C=O) groups excluding carboxylic acids is 4. The lowest BCUT2D eigenvalue weighted by Crippen LogP contribution is -2.57. The molecule has 4 atom stereocenters.